The first-order valence-electron chi connectivity index (χ1n) is 7.12. The summed E-state index contributed by atoms with van der Waals surface area (Å²) in [4.78, 5) is 4.01. The summed E-state index contributed by atoms with van der Waals surface area (Å²) in [6, 6.07) is 14.3. The van der Waals surface area contributed by atoms with Crippen molar-refractivity contribution in [1.29, 1.82) is 5.26 Å². The Bertz CT molecular complexity index is 825. The van der Waals surface area contributed by atoms with Gasteiger partial charge in [0.2, 0.25) is 15.9 Å². The first-order chi connectivity index (χ1) is 11.1. The Hall–Kier alpha value is -2.43. The van der Waals surface area contributed by atoms with Crippen molar-refractivity contribution in [3.05, 3.63) is 59.8 Å². The van der Waals surface area contributed by atoms with Gasteiger partial charge in [-0.25, -0.2) is 13.4 Å². The molecule has 0 unspecified atom stereocenters. The maximum Gasteiger partial charge on any atom is 0.232 e. The quantitative estimate of drug-likeness (QED) is 0.831. The predicted octanol–water partition coefficient (Wildman–Crippen LogP) is 1.55. The van der Waals surface area contributed by atoms with Crippen LogP contribution in [0.5, 0.6) is 5.88 Å². The minimum Gasteiger partial charge on any atom is -0.471 e. The summed E-state index contributed by atoms with van der Waals surface area (Å²) >= 11 is 0. The van der Waals surface area contributed by atoms with Crippen LogP contribution in [0.4, 0.5) is 0 Å². The number of pyridine rings is 1. The molecule has 0 bridgehead atoms. The molecule has 0 radical (unpaired) electrons. The zero-order valence-corrected chi connectivity index (χ0v) is 13.1. The maximum atomic E-state index is 12.3. The normalized spacial score (nSPS) is 15.6. The van der Waals surface area contributed by atoms with Crippen molar-refractivity contribution in [2.45, 2.75) is 11.9 Å². The lowest BCUT2D eigenvalue weighted by Crippen LogP contribution is -2.56. The van der Waals surface area contributed by atoms with Gasteiger partial charge in [0.15, 0.2) is 0 Å². The lowest BCUT2D eigenvalue weighted by molar-refractivity contribution is 0.0717. The third-order valence-corrected chi connectivity index (χ3v) is 5.35. The molecule has 23 heavy (non-hydrogen) atoms. The SMILES string of the molecule is N#Cc1cccnc1OC1CN(S(=O)(=O)Cc2ccccc2)C1. The molecule has 1 saturated heterocycles. The van der Waals surface area contributed by atoms with Gasteiger partial charge in [-0.15, -0.1) is 0 Å². The molecule has 0 atom stereocenters. The molecule has 1 aromatic carbocycles. The van der Waals surface area contributed by atoms with Gasteiger partial charge in [-0.2, -0.15) is 9.57 Å². The monoisotopic (exact) mass is 329 g/mol. The molecule has 1 aromatic heterocycles. The molecule has 0 amide bonds. The molecule has 7 heteroatoms. The average Bonchev–Trinajstić information content (AvgIpc) is 2.51. The van der Waals surface area contributed by atoms with Crippen molar-refractivity contribution >= 4 is 10.0 Å². The molecule has 2 aromatic rings. The largest absolute Gasteiger partial charge is 0.471 e. The van der Waals surface area contributed by atoms with Gasteiger partial charge in [-0.3, -0.25) is 0 Å². The molecular formula is C16H15N3O3S. The van der Waals surface area contributed by atoms with E-state index in [1.54, 1.807) is 30.5 Å². The van der Waals surface area contributed by atoms with Gasteiger partial charge in [-0.1, -0.05) is 30.3 Å². The molecule has 0 N–H and O–H groups in total. The van der Waals surface area contributed by atoms with Gasteiger partial charge in [-0.05, 0) is 17.7 Å². The highest BCUT2D eigenvalue weighted by molar-refractivity contribution is 7.88. The van der Waals surface area contributed by atoms with Gasteiger partial charge in [0.05, 0.1) is 18.8 Å². The topological polar surface area (TPSA) is 83.3 Å². The Kier molecular flexibility index (Phi) is 4.28. The van der Waals surface area contributed by atoms with E-state index in [9.17, 15) is 8.42 Å². The Labute approximate surface area is 135 Å². The number of hydrogen-bond donors (Lipinski definition) is 0. The molecule has 6 nitrogen and oxygen atoms in total. The lowest BCUT2D eigenvalue weighted by atomic mass is 10.2. The van der Waals surface area contributed by atoms with Crippen molar-refractivity contribution in [2.75, 3.05) is 13.1 Å². The molecule has 0 spiro atoms. The smallest absolute Gasteiger partial charge is 0.232 e. The molecule has 118 valence electrons. The van der Waals surface area contributed by atoms with E-state index in [0.717, 1.165) is 5.56 Å². The number of nitriles is 1. The minimum absolute atomic E-state index is 0.0202. The van der Waals surface area contributed by atoms with Crippen molar-refractivity contribution in [2.24, 2.45) is 0 Å². The number of sulfonamides is 1. The summed E-state index contributed by atoms with van der Waals surface area (Å²) in [7, 11) is -3.35. The van der Waals surface area contributed by atoms with E-state index in [1.165, 1.54) is 4.31 Å². The maximum absolute atomic E-state index is 12.3. The second-order valence-electron chi connectivity index (χ2n) is 5.27. The van der Waals surface area contributed by atoms with Gasteiger partial charge < -0.3 is 4.74 Å². The van der Waals surface area contributed by atoms with Gasteiger partial charge in [0.25, 0.3) is 0 Å². The van der Waals surface area contributed by atoms with Crippen LogP contribution in [0.25, 0.3) is 0 Å². The Morgan fingerprint density at radius 1 is 1.22 bits per heavy atom. The van der Waals surface area contributed by atoms with Crippen LogP contribution in [0.2, 0.25) is 0 Å². The molecule has 3 rings (SSSR count). The van der Waals surface area contributed by atoms with Crippen LogP contribution < -0.4 is 4.74 Å². The molecular weight excluding hydrogens is 314 g/mol. The Morgan fingerprint density at radius 3 is 2.65 bits per heavy atom. The molecule has 1 aliphatic heterocycles. The number of ether oxygens (including phenoxy) is 1. The molecule has 1 aliphatic rings. The zero-order valence-electron chi connectivity index (χ0n) is 12.3. The van der Waals surface area contributed by atoms with Gasteiger partial charge >= 0.3 is 0 Å². The number of benzene rings is 1. The van der Waals surface area contributed by atoms with E-state index in [1.807, 2.05) is 24.3 Å². The fraction of sp³-hybridized carbons (Fsp3) is 0.250. The first-order valence-corrected chi connectivity index (χ1v) is 8.73. The van der Waals surface area contributed by atoms with Crippen molar-refractivity contribution in [3.8, 4) is 11.9 Å². The fourth-order valence-corrected chi connectivity index (χ4v) is 3.89. The van der Waals surface area contributed by atoms with Crippen LogP contribution in [-0.4, -0.2) is 36.9 Å². The van der Waals surface area contributed by atoms with Crippen molar-refractivity contribution in [1.82, 2.24) is 9.29 Å². The zero-order chi connectivity index (χ0) is 16.3. The Morgan fingerprint density at radius 2 is 1.96 bits per heavy atom. The van der Waals surface area contributed by atoms with E-state index in [-0.39, 0.29) is 30.8 Å². The third-order valence-electron chi connectivity index (χ3n) is 3.57. The second-order valence-corrected chi connectivity index (χ2v) is 7.24. The lowest BCUT2D eigenvalue weighted by Gasteiger charge is -2.37. The van der Waals surface area contributed by atoms with Crippen LogP contribution >= 0.6 is 0 Å². The summed E-state index contributed by atoms with van der Waals surface area (Å²) in [5.41, 5.74) is 1.10. The van der Waals surface area contributed by atoms with Crippen molar-refractivity contribution in [3.63, 3.8) is 0 Å². The van der Waals surface area contributed by atoms with Crippen LogP contribution in [0.1, 0.15) is 11.1 Å². The number of hydrogen-bond acceptors (Lipinski definition) is 5. The van der Waals surface area contributed by atoms with Crippen LogP contribution in [-0.2, 0) is 15.8 Å². The van der Waals surface area contributed by atoms with E-state index in [0.29, 0.717) is 5.56 Å². The predicted molar refractivity (Wildman–Crippen MR) is 84.0 cm³/mol. The number of rotatable bonds is 5. The average molecular weight is 329 g/mol. The first kappa shape index (κ1) is 15.5. The fourth-order valence-electron chi connectivity index (χ4n) is 2.31. The highest BCUT2D eigenvalue weighted by Gasteiger charge is 2.37. The van der Waals surface area contributed by atoms with Crippen LogP contribution in [0.15, 0.2) is 48.7 Å². The van der Waals surface area contributed by atoms with Crippen LogP contribution in [0, 0.1) is 11.3 Å². The Balaban J connectivity index is 1.59. The summed E-state index contributed by atoms with van der Waals surface area (Å²) in [6.45, 7) is 0.549. The highest BCUT2D eigenvalue weighted by Crippen LogP contribution is 2.23. The molecule has 2 heterocycles. The van der Waals surface area contributed by atoms with E-state index < -0.39 is 10.0 Å². The number of nitrogens with zero attached hydrogens (tertiary/aromatic N) is 3. The standard InChI is InChI=1S/C16H15N3O3S/c17-9-14-7-4-8-18-16(14)22-15-10-19(11-15)23(20,21)12-13-5-2-1-3-6-13/h1-8,15H,10-12H2. The minimum atomic E-state index is -3.35. The molecule has 0 aliphatic carbocycles. The second kappa shape index (κ2) is 6.36. The van der Waals surface area contributed by atoms with E-state index in [2.05, 4.69) is 4.98 Å². The van der Waals surface area contributed by atoms with Gasteiger partial charge in [0, 0.05) is 6.20 Å². The number of aromatic nitrogens is 1. The van der Waals surface area contributed by atoms with Crippen molar-refractivity contribution < 1.29 is 13.2 Å². The van der Waals surface area contributed by atoms with E-state index >= 15 is 0 Å². The summed E-state index contributed by atoms with van der Waals surface area (Å²) in [5, 5.41) is 8.99. The summed E-state index contributed by atoms with van der Waals surface area (Å²) in [6.07, 6.45) is 1.27. The van der Waals surface area contributed by atoms with E-state index in [4.69, 9.17) is 10.00 Å². The molecule has 0 saturated carbocycles. The highest BCUT2D eigenvalue weighted by atomic mass is 32.2. The molecule has 1 fully saturated rings. The summed E-state index contributed by atoms with van der Waals surface area (Å²) < 4.78 is 31.6. The van der Waals surface area contributed by atoms with Gasteiger partial charge in [0.1, 0.15) is 17.7 Å². The van der Waals surface area contributed by atoms with Crippen LogP contribution in [0.3, 0.4) is 0 Å². The third kappa shape index (κ3) is 3.50. The summed E-state index contributed by atoms with van der Waals surface area (Å²) in [5.74, 6) is 0.230.